The number of nitrogens with one attached hydrogen (secondary N) is 1. The molecule has 7 heteroatoms. The molecule has 0 saturated heterocycles. The molecule has 1 atom stereocenters. The van der Waals surface area contributed by atoms with Crippen molar-refractivity contribution >= 4 is 51.5 Å². The van der Waals surface area contributed by atoms with E-state index in [2.05, 4.69) is 17.2 Å². The van der Waals surface area contributed by atoms with Gasteiger partial charge in [0.25, 0.3) is 5.91 Å². The molecule has 0 aliphatic carbocycles. The van der Waals surface area contributed by atoms with Crippen LogP contribution in [0, 0.1) is 0 Å². The number of nitrogens with zero attached hydrogens (tertiary/aromatic N) is 1. The van der Waals surface area contributed by atoms with Gasteiger partial charge in [0.1, 0.15) is 4.88 Å². The number of carbonyl (C=O) groups is 1. The summed E-state index contributed by atoms with van der Waals surface area (Å²) in [5.41, 5.74) is 7.29. The smallest absolute Gasteiger partial charge is 0.267 e. The molecule has 0 spiro atoms. The maximum absolute atomic E-state index is 12.3. The first-order valence-corrected chi connectivity index (χ1v) is 9.35. The Morgan fingerprint density at radius 1 is 1.43 bits per heavy atom. The number of carbonyl (C=O) groups excluding carboxylic acids is 1. The topological polar surface area (TPSA) is 67.5 Å². The van der Waals surface area contributed by atoms with Crippen LogP contribution in [0.3, 0.4) is 0 Å². The summed E-state index contributed by atoms with van der Waals surface area (Å²) in [7, 11) is 0. The van der Waals surface area contributed by atoms with Gasteiger partial charge in [-0.3, -0.25) is 9.79 Å². The number of rotatable bonds is 3. The van der Waals surface area contributed by atoms with E-state index in [9.17, 15) is 4.79 Å². The largest absolute Gasteiger partial charge is 0.379 e. The first-order valence-electron chi connectivity index (χ1n) is 7.11. The number of amidine groups is 1. The summed E-state index contributed by atoms with van der Waals surface area (Å²) in [5.74, 6) is 0.738. The van der Waals surface area contributed by atoms with Gasteiger partial charge in [0.2, 0.25) is 0 Å². The Labute approximate surface area is 148 Å². The highest BCUT2D eigenvalue weighted by atomic mass is 35.5. The van der Waals surface area contributed by atoms with Crippen LogP contribution < -0.4 is 11.1 Å². The minimum Gasteiger partial charge on any atom is -0.379 e. The highest BCUT2D eigenvalue weighted by Gasteiger charge is 2.29. The fourth-order valence-electron chi connectivity index (χ4n) is 2.47. The molecular formula is C16H16ClN3OS2. The van der Waals surface area contributed by atoms with Crippen molar-refractivity contribution in [1.29, 1.82) is 0 Å². The van der Waals surface area contributed by atoms with Gasteiger partial charge in [0.15, 0.2) is 5.17 Å². The lowest BCUT2D eigenvalue weighted by atomic mass is 9.89. The maximum Gasteiger partial charge on any atom is 0.267 e. The molecule has 0 fully saturated rings. The molecule has 0 bridgehead atoms. The molecule has 1 aromatic carbocycles. The van der Waals surface area contributed by atoms with Gasteiger partial charge in [0.05, 0.1) is 10.6 Å². The second kappa shape index (κ2) is 6.55. The summed E-state index contributed by atoms with van der Waals surface area (Å²) in [4.78, 5) is 17.4. The van der Waals surface area contributed by atoms with Gasteiger partial charge in [-0.1, -0.05) is 35.5 Å². The van der Waals surface area contributed by atoms with Crippen molar-refractivity contribution in [2.75, 3.05) is 11.1 Å². The average Bonchev–Trinajstić information content (AvgIpc) is 2.93. The van der Waals surface area contributed by atoms with Gasteiger partial charge < -0.3 is 11.1 Å². The normalized spacial score (nSPS) is 20.9. The molecular weight excluding hydrogens is 350 g/mol. The first-order chi connectivity index (χ1) is 11.0. The standard InChI is InChI=1S/C16H16ClN3OS2/c1-16(6-8-23-15(18)20-16)10-3-2-4-11(9-10)19-14(21)13-12(17)5-7-22-13/h2-5,7,9H,6,8H2,1H3,(H2,18,20)(H,19,21). The zero-order valence-electron chi connectivity index (χ0n) is 12.5. The summed E-state index contributed by atoms with van der Waals surface area (Å²) in [6, 6.07) is 9.46. The van der Waals surface area contributed by atoms with E-state index in [0.29, 0.717) is 15.1 Å². The molecule has 2 aromatic rings. The van der Waals surface area contributed by atoms with Crippen molar-refractivity contribution in [3.05, 3.63) is 51.2 Å². The highest BCUT2D eigenvalue weighted by Crippen LogP contribution is 2.36. The molecule has 3 N–H and O–H groups in total. The number of hydrogen-bond acceptors (Lipinski definition) is 5. The second-order valence-corrected chi connectivity index (χ2v) is 7.89. The number of halogens is 1. The molecule has 1 aliphatic heterocycles. The number of thioether (sulfide) groups is 1. The number of hydrogen-bond donors (Lipinski definition) is 2. The van der Waals surface area contributed by atoms with Gasteiger partial charge in [0, 0.05) is 11.4 Å². The molecule has 1 aromatic heterocycles. The van der Waals surface area contributed by atoms with E-state index in [4.69, 9.17) is 17.3 Å². The van der Waals surface area contributed by atoms with E-state index in [1.165, 1.54) is 11.3 Å². The summed E-state index contributed by atoms with van der Waals surface area (Å²) in [5, 5.41) is 5.77. The lowest BCUT2D eigenvalue weighted by Crippen LogP contribution is -2.28. The van der Waals surface area contributed by atoms with Gasteiger partial charge >= 0.3 is 0 Å². The second-order valence-electron chi connectivity index (χ2n) is 5.45. The van der Waals surface area contributed by atoms with E-state index in [0.717, 1.165) is 23.4 Å². The Bertz CT molecular complexity index is 774. The molecule has 1 aliphatic rings. The molecule has 120 valence electrons. The molecule has 1 unspecified atom stereocenters. The molecule has 0 radical (unpaired) electrons. The first kappa shape index (κ1) is 16.4. The molecule has 4 nitrogen and oxygen atoms in total. The van der Waals surface area contributed by atoms with Crippen LogP contribution in [0.4, 0.5) is 5.69 Å². The van der Waals surface area contributed by atoms with E-state index in [1.807, 2.05) is 24.3 Å². The zero-order chi connectivity index (χ0) is 16.4. The van der Waals surface area contributed by atoms with E-state index in [1.54, 1.807) is 23.2 Å². The predicted molar refractivity (Wildman–Crippen MR) is 99.8 cm³/mol. The number of benzene rings is 1. The molecule has 23 heavy (non-hydrogen) atoms. The summed E-state index contributed by atoms with van der Waals surface area (Å²) in [6.07, 6.45) is 0.909. The molecule has 3 rings (SSSR count). The van der Waals surface area contributed by atoms with Crippen LogP contribution in [-0.2, 0) is 5.54 Å². The molecule has 0 saturated carbocycles. The van der Waals surface area contributed by atoms with Crippen molar-refractivity contribution in [1.82, 2.24) is 0 Å². The van der Waals surface area contributed by atoms with Gasteiger partial charge in [-0.15, -0.1) is 11.3 Å². The summed E-state index contributed by atoms with van der Waals surface area (Å²) >= 11 is 8.91. The Morgan fingerprint density at radius 2 is 2.26 bits per heavy atom. The minimum atomic E-state index is -0.351. The van der Waals surface area contributed by atoms with Crippen molar-refractivity contribution in [2.24, 2.45) is 10.7 Å². The number of nitrogens with two attached hydrogens (primary N) is 1. The summed E-state index contributed by atoms with van der Waals surface area (Å²) < 4.78 is 0. The Morgan fingerprint density at radius 3 is 2.96 bits per heavy atom. The fourth-order valence-corrected chi connectivity index (χ4v) is 4.48. The van der Waals surface area contributed by atoms with Crippen molar-refractivity contribution in [2.45, 2.75) is 18.9 Å². The van der Waals surface area contributed by atoms with Crippen LogP contribution in [0.1, 0.15) is 28.6 Å². The number of thiophene rings is 1. The van der Waals surface area contributed by atoms with Gasteiger partial charge in [-0.05, 0) is 42.5 Å². The third kappa shape index (κ3) is 3.54. The Balaban J connectivity index is 1.85. The lowest BCUT2D eigenvalue weighted by molar-refractivity contribution is 0.103. The van der Waals surface area contributed by atoms with Crippen LogP contribution in [0.5, 0.6) is 0 Å². The average molecular weight is 366 g/mol. The monoisotopic (exact) mass is 365 g/mol. The van der Waals surface area contributed by atoms with Crippen molar-refractivity contribution < 1.29 is 4.79 Å². The molecule has 1 amide bonds. The number of aliphatic imine (C=N–C) groups is 1. The lowest BCUT2D eigenvalue weighted by Gasteiger charge is -2.30. The van der Waals surface area contributed by atoms with Crippen LogP contribution in [0.15, 0.2) is 40.7 Å². The zero-order valence-corrected chi connectivity index (χ0v) is 14.9. The van der Waals surface area contributed by atoms with Crippen molar-refractivity contribution in [3.63, 3.8) is 0 Å². The predicted octanol–water partition coefficient (Wildman–Crippen LogP) is 4.32. The van der Waals surface area contributed by atoms with E-state index >= 15 is 0 Å². The number of anilines is 1. The Hall–Kier alpha value is -1.50. The van der Waals surface area contributed by atoms with Gasteiger partial charge in [-0.2, -0.15) is 0 Å². The third-order valence-electron chi connectivity index (χ3n) is 3.76. The van der Waals surface area contributed by atoms with Crippen LogP contribution in [0.25, 0.3) is 0 Å². The molecule has 2 heterocycles. The number of amides is 1. The Kier molecular flexibility index (Phi) is 4.66. The summed E-state index contributed by atoms with van der Waals surface area (Å²) in [6.45, 7) is 2.07. The fraction of sp³-hybridized carbons (Fsp3) is 0.250. The van der Waals surface area contributed by atoms with Gasteiger partial charge in [-0.25, -0.2) is 0 Å². The maximum atomic E-state index is 12.3. The van der Waals surface area contributed by atoms with E-state index in [-0.39, 0.29) is 11.4 Å². The van der Waals surface area contributed by atoms with Crippen LogP contribution >= 0.6 is 34.7 Å². The van der Waals surface area contributed by atoms with Crippen molar-refractivity contribution in [3.8, 4) is 0 Å². The van der Waals surface area contributed by atoms with Crippen LogP contribution in [-0.4, -0.2) is 16.8 Å². The third-order valence-corrected chi connectivity index (χ3v) is 5.90. The highest BCUT2D eigenvalue weighted by molar-refractivity contribution is 8.13. The van der Waals surface area contributed by atoms with Crippen LogP contribution in [0.2, 0.25) is 5.02 Å². The SMILES string of the molecule is CC1(c2cccc(NC(=O)c3sccc3Cl)c2)CCSC(N)=N1. The minimum absolute atomic E-state index is 0.200. The quantitative estimate of drug-likeness (QED) is 0.851. The van der Waals surface area contributed by atoms with E-state index < -0.39 is 0 Å².